The number of rotatable bonds is 2. The quantitative estimate of drug-likeness (QED) is 0.726. The second-order valence-corrected chi connectivity index (χ2v) is 6.57. The Morgan fingerprint density at radius 1 is 1.05 bits per heavy atom. The van der Waals surface area contributed by atoms with Gasteiger partial charge in [0.25, 0.3) is 0 Å². The zero-order chi connectivity index (χ0) is 13.9. The van der Waals surface area contributed by atoms with E-state index in [0.717, 1.165) is 42.9 Å². The Morgan fingerprint density at radius 3 is 2.50 bits per heavy atom. The van der Waals surface area contributed by atoms with Gasteiger partial charge in [-0.25, -0.2) is 0 Å². The Hall–Kier alpha value is -0.450. The summed E-state index contributed by atoms with van der Waals surface area (Å²) >= 11 is 10.1. The van der Waals surface area contributed by atoms with E-state index in [-0.39, 0.29) is 10.9 Å². The molecule has 1 saturated heterocycles. The standard InChI is InChI=1S/C15H18BrClO3/c16-15(12-4-1-2-5-18-12)10-8-13-14(9-11(10)17)20-7-3-6-19-13/h8-9,12,15H,1-7H2. The maximum atomic E-state index is 6.41. The summed E-state index contributed by atoms with van der Waals surface area (Å²) in [4.78, 5) is 0.0902. The highest BCUT2D eigenvalue weighted by atomic mass is 79.9. The minimum Gasteiger partial charge on any atom is -0.490 e. The number of ether oxygens (including phenoxy) is 3. The van der Waals surface area contributed by atoms with Gasteiger partial charge in [-0.3, -0.25) is 0 Å². The molecule has 1 aromatic rings. The molecule has 3 nitrogen and oxygen atoms in total. The third-order valence-corrected chi connectivity index (χ3v) is 5.12. The van der Waals surface area contributed by atoms with Crippen LogP contribution in [0, 0.1) is 0 Å². The molecule has 1 aromatic carbocycles. The number of hydrogen-bond donors (Lipinski definition) is 0. The monoisotopic (exact) mass is 360 g/mol. The van der Waals surface area contributed by atoms with Crippen molar-refractivity contribution < 1.29 is 14.2 Å². The first-order valence-corrected chi connectivity index (χ1v) is 8.40. The lowest BCUT2D eigenvalue weighted by Gasteiger charge is -2.28. The van der Waals surface area contributed by atoms with Crippen LogP contribution in [-0.2, 0) is 4.74 Å². The van der Waals surface area contributed by atoms with Gasteiger partial charge in [0.2, 0.25) is 0 Å². The minimum atomic E-state index is 0.0902. The van der Waals surface area contributed by atoms with Gasteiger partial charge >= 0.3 is 0 Å². The molecule has 3 rings (SSSR count). The van der Waals surface area contributed by atoms with Gasteiger partial charge in [-0.2, -0.15) is 0 Å². The van der Waals surface area contributed by atoms with E-state index in [2.05, 4.69) is 15.9 Å². The molecule has 0 aliphatic carbocycles. The molecule has 0 aromatic heterocycles. The molecule has 20 heavy (non-hydrogen) atoms. The van der Waals surface area contributed by atoms with Crippen molar-refractivity contribution in [3.8, 4) is 11.5 Å². The van der Waals surface area contributed by atoms with Crippen molar-refractivity contribution in [1.29, 1.82) is 0 Å². The van der Waals surface area contributed by atoms with Crippen LogP contribution >= 0.6 is 27.5 Å². The van der Waals surface area contributed by atoms with Crippen LogP contribution in [-0.4, -0.2) is 25.9 Å². The van der Waals surface area contributed by atoms with Crippen LogP contribution in [0.5, 0.6) is 11.5 Å². The van der Waals surface area contributed by atoms with Gasteiger partial charge in [-0.1, -0.05) is 27.5 Å². The molecule has 0 spiro atoms. The van der Waals surface area contributed by atoms with Gasteiger partial charge in [-0.15, -0.1) is 0 Å². The fourth-order valence-corrected chi connectivity index (χ4v) is 3.81. The molecule has 2 aliphatic heterocycles. The molecular weight excluding hydrogens is 344 g/mol. The average Bonchev–Trinajstić information content (AvgIpc) is 2.71. The molecule has 0 bridgehead atoms. The van der Waals surface area contributed by atoms with Crippen molar-refractivity contribution in [3.63, 3.8) is 0 Å². The fraction of sp³-hybridized carbons (Fsp3) is 0.600. The van der Waals surface area contributed by atoms with Crippen molar-refractivity contribution in [3.05, 3.63) is 22.7 Å². The van der Waals surface area contributed by atoms with Crippen LogP contribution in [0.25, 0.3) is 0 Å². The molecule has 5 heteroatoms. The Kier molecular flexibility index (Phi) is 4.74. The van der Waals surface area contributed by atoms with Crippen molar-refractivity contribution >= 4 is 27.5 Å². The highest BCUT2D eigenvalue weighted by Gasteiger charge is 2.27. The maximum absolute atomic E-state index is 6.41. The molecule has 0 N–H and O–H groups in total. The molecule has 110 valence electrons. The Morgan fingerprint density at radius 2 is 1.80 bits per heavy atom. The maximum Gasteiger partial charge on any atom is 0.162 e. The smallest absolute Gasteiger partial charge is 0.162 e. The zero-order valence-electron chi connectivity index (χ0n) is 11.2. The molecular formula is C15H18BrClO3. The number of benzene rings is 1. The first kappa shape index (κ1) is 14.5. The summed E-state index contributed by atoms with van der Waals surface area (Å²) in [6.07, 6.45) is 4.47. The SMILES string of the molecule is Clc1cc2c(cc1C(Br)C1CCCCO1)OCCCO2. The zero-order valence-corrected chi connectivity index (χ0v) is 13.6. The summed E-state index contributed by atoms with van der Waals surface area (Å²) < 4.78 is 17.2. The van der Waals surface area contributed by atoms with Crippen LogP contribution in [0.15, 0.2) is 12.1 Å². The molecule has 2 aliphatic rings. The van der Waals surface area contributed by atoms with E-state index in [9.17, 15) is 0 Å². The first-order valence-electron chi connectivity index (χ1n) is 7.10. The van der Waals surface area contributed by atoms with Gasteiger partial charge in [0.1, 0.15) is 0 Å². The lowest BCUT2D eigenvalue weighted by atomic mass is 10.0. The van der Waals surface area contributed by atoms with E-state index < -0.39 is 0 Å². The molecule has 0 amide bonds. The predicted molar refractivity (Wildman–Crippen MR) is 82.3 cm³/mol. The van der Waals surface area contributed by atoms with Gasteiger partial charge < -0.3 is 14.2 Å². The molecule has 0 saturated carbocycles. The molecule has 2 unspecified atom stereocenters. The predicted octanol–water partition coefficient (Wildman–Crippen LogP) is 4.51. The van der Waals surface area contributed by atoms with Crippen molar-refractivity contribution in [2.24, 2.45) is 0 Å². The lowest BCUT2D eigenvalue weighted by Crippen LogP contribution is -2.23. The average molecular weight is 362 g/mol. The summed E-state index contributed by atoms with van der Waals surface area (Å²) in [6, 6.07) is 3.84. The van der Waals surface area contributed by atoms with Gasteiger partial charge in [0, 0.05) is 24.1 Å². The minimum absolute atomic E-state index is 0.0902. The summed E-state index contributed by atoms with van der Waals surface area (Å²) in [6.45, 7) is 2.18. The van der Waals surface area contributed by atoms with E-state index in [1.807, 2.05) is 12.1 Å². The van der Waals surface area contributed by atoms with Crippen LogP contribution in [0.3, 0.4) is 0 Å². The third-order valence-electron chi connectivity index (χ3n) is 3.71. The molecule has 2 atom stereocenters. The third kappa shape index (κ3) is 3.07. The van der Waals surface area contributed by atoms with Crippen LogP contribution < -0.4 is 9.47 Å². The van der Waals surface area contributed by atoms with E-state index in [1.54, 1.807) is 0 Å². The Bertz CT molecular complexity index is 474. The highest BCUT2D eigenvalue weighted by molar-refractivity contribution is 9.09. The Labute approximate surface area is 132 Å². The molecule has 2 heterocycles. The van der Waals surface area contributed by atoms with Crippen LogP contribution in [0.4, 0.5) is 0 Å². The van der Waals surface area contributed by atoms with Gasteiger partial charge in [0.05, 0.1) is 24.1 Å². The largest absolute Gasteiger partial charge is 0.490 e. The Balaban J connectivity index is 1.86. The van der Waals surface area contributed by atoms with Crippen molar-refractivity contribution in [2.45, 2.75) is 36.6 Å². The van der Waals surface area contributed by atoms with E-state index >= 15 is 0 Å². The number of fused-ring (bicyclic) bond motifs is 1. The summed E-state index contributed by atoms with van der Waals surface area (Å²) in [5.74, 6) is 1.52. The topological polar surface area (TPSA) is 27.7 Å². The van der Waals surface area contributed by atoms with Crippen LogP contribution in [0.2, 0.25) is 5.02 Å². The van der Waals surface area contributed by atoms with Gasteiger partial charge in [-0.05, 0) is 30.9 Å². The van der Waals surface area contributed by atoms with Gasteiger partial charge in [0.15, 0.2) is 11.5 Å². The summed E-state index contributed by atoms with van der Waals surface area (Å²) in [7, 11) is 0. The second-order valence-electron chi connectivity index (χ2n) is 5.18. The summed E-state index contributed by atoms with van der Waals surface area (Å²) in [5.41, 5.74) is 1.02. The number of hydrogen-bond acceptors (Lipinski definition) is 3. The van der Waals surface area contributed by atoms with Crippen molar-refractivity contribution in [1.82, 2.24) is 0 Å². The lowest BCUT2D eigenvalue weighted by molar-refractivity contribution is 0.0160. The molecule has 1 fully saturated rings. The normalized spacial score (nSPS) is 24.0. The first-order chi connectivity index (χ1) is 9.75. The van der Waals surface area contributed by atoms with E-state index in [0.29, 0.717) is 18.2 Å². The second kappa shape index (κ2) is 6.54. The number of halogens is 2. The van der Waals surface area contributed by atoms with E-state index in [1.165, 1.54) is 6.42 Å². The van der Waals surface area contributed by atoms with E-state index in [4.69, 9.17) is 25.8 Å². The fourth-order valence-electron chi connectivity index (χ4n) is 2.61. The summed E-state index contributed by atoms with van der Waals surface area (Å²) in [5, 5.41) is 0.699. The van der Waals surface area contributed by atoms with Crippen LogP contribution in [0.1, 0.15) is 36.1 Å². The van der Waals surface area contributed by atoms with Crippen molar-refractivity contribution in [2.75, 3.05) is 19.8 Å². The highest BCUT2D eigenvalue weighted by Crippen LogP contribution is 2.42. The molecule has 0 radical (unpaired) electrons. The number of alkyl halides is 1.